The molecule has 2 fully saturated rings. The second kappa shape index (κ2) is 14.8. The van der Waals surface area contributed by atoms with Gasteiger partial charge in [0.2, 0.25) is 11.7 Å². The molecule has 15 nitrogen and oxygen atoms in total. The van der Waals surface area contributed by atoms with Gasteiger partial charge in [-0.25, -0.2) is 9.97 Å². The number of carbonyl (C=O) groups is 2. The van der Waals surface area contributed by atoms with Gasteiger partial charge in [0.1, 0.15) is 12.9 Å². The summed E-state index contributed by atoms with van der Waals surface area (Å²) >= 11 is 6.17. The minimum Gasteiger partial charge on any atom is -0.503 e. The first-order valence-corrected chi connectivity index (χ1v) is 18.9. The van der Waals surface area contributed by atoms with Crippen LogP contribution in [-0.4, -0.2) is 104 Å². The third-order valence-electron chi connectivity index (χ3n) is 11.1. The van der Waals surface area contributed by atoms with Gasteiger partial charge in [0.05, 0.1) is 36.1 Å². The van der Waals surface area contributed by atoms with E-state index in [9.17, 15) is 32.7 Å². The van der Waals surface area contributed by atoms with Crippen molar-refractivity contribution in [2.75, 3.05) is 62.8 Å². The summed E-state index contributed by atoms with van der Waals surface area (Å²) in [7, 11) is 0. The number of aromatic hydroxyl groups is 1. The molecule has 3 aromatic heterocycles. The largest absolute Gasteiger partial charge is 0.503 e. The van der Waals surface area contributed by atoms with Crippen LogP contribution in [0.3, 0.4) is 0 Å². The molecule has 4 aromatic rings. The Bertz CT molecular complexity index is 2300. The molecule has 56 heavy (non-hydrogen) atoms. The Hall–Kier alpha value is -5.07. The molecule has 1 unspecified atom stereocenters. The van der Waals surface area contributed by atoms with E-state index in [2.05, 4.69) is 20.4 Å². The Kier molecular flexibility index (Phi) is 9.99. The Morgan fingerprint density at radius 1 is 1.09 bits per heavy atom. The van der Waals surface area contributed by atoms with Crippen LogP contribution in [0.1, 0.15) is 78.1 Å². The highest BCUT2D eigenvalue weighted by Crippen LogP contribution is 2.50. The minimum absolute atomic E-state index is 0.00302. The maximum atomic E-state index is 14.6. The van der Waals surface area contributed by atoms with Crippen LogP contribution in [0.5, 0.6) is 5.75 Å². The zero-order valence-corrected chi connectivity index (χ0v) is 31.2. The Morgan fingerprint density at radius 3 is 2.62 bits per heavy atom. The van der Waals surface area contributed by atoms with E-state index in [4.69, 9.17) is 26.1 Å². The third-order valence-corrected chi connectivity index (χ3v) is 11.4. The first-order chi connectivity index (χ1) is 26.8. The molecule has 0 saturated carbocycles. The van der Waals surface area contributed by atoms with E-state index in [0.29, 0.717) is 82.3 Å². The lowest BCUT2D eigenvalue weighted by Crippen LogP contribution is -2.47. The van der Waals surface area contributed by atoms with Gasteiger partial charge in [-0.3, -0.25) is 14.4 Å². The van der Waals surface area contributed by atoms with Crippen LogP contribution >= 0.6 is 11.6 Å². The number of fused-ring (bicyclic) bond motifs is 3. The van der Waals surface area contributed by atoms with Crippen molar-refractivity contribution in [2.24, 2.45) is 0 Å². The molecular weight excluding hydrogens is 759 g/mol. The summed E-state index contributed by atoms with van der Waals surface area (Å²) in [6, 6.07) is 2.68. The average Bonchev–Trinajstić information content (AvgIpc) is 3.62. The van der Waals surface area contributed by atoms with Crippen LogP contribution in [-0.2, 0) is 32.4 Å². The fraction of sp³-hybridized carbons (Fsp3) is 0.486. The lowest BCUT2D eigenvalue weighted by molar-refractivity contribution is -0.137. The standard InChI is InChI=1S/C37H39ClF3N9O6/c1-21-18-36(7-10-48(11-8-36)34(54)28-30(52)32(43-20-42-28)47-9-2-13-55-16-12-47)27-29(21)49(19-26(51)44-25-4-3-23(17-24(25)38)37(39,40)41)35-45-31(46-50(35)33(27)53)22-5-14-56-15-6-22/h3-5,17,20-21,52H,2,6-16,18-19H2,1H3,(H,44,51). The topological polar surface area (TPSA) is 169 Å². The highest BCUT2D eigenvalue weighted by Gasteiger charge is 2.49. The fourth-order valence-electron chi connectivity index (χ4n) is 8.47. The van der Waals surface area contributed by atoms with Crippen LogP contribution in [0.15, 0.2) is 35.4 Å². The van der Waals surface area contributed by atoms with E-state index in [1.165, 1.54) is 10.8 Å². The monoisotopic (exact) mass is 797 g/mol. The Labute approximate surface area is 323 Å². The molecule has 0 radical (unpaired) electrons. The molecule has 8 rings (SSSR count). The maximum Gasteiger partial charge on any atom is 0.416 e. The van der Waals surface area contributed by atoms with Crippen molar-refractivity contribution >= 4 is 46.3 Å². The van der Waals surface area contributed by atoms with Crippen LogP contribution in [0.4, 0.5) is 24.7 Å². The first kappa shape index (κ1) is 37.8. The molecule has 1 aromatic carbocycles. The van der Waals surface area contributed by atoms with Crippen molar-refractivity contribution in [2.45, 2.75) is 63.1 Å². The van der Waals surface area contributed by atoms with Gasteiger partial charge >= 0.3 is 6.18 Å². The summed E-state index contributed by atoms with van der Waals surface area (Å²) in [4.78, 5) is 58.8. The van der Waals surface area contributed by atoms with Crippen molar-refractivity contribution in [3.63, 3.8) is 0 Å². The van der Waals surface area contributed by atoms with E-state index < -0.39 is 29.0 Å². The van der Waals surface area contributed by atoms with Crippen LogP contribution in [0.25, 0.3) is 11.4 Å². The van der Waals surface area contributed by atoms with Crippen molar-refractivity contribution < 1.29 is 37.3 Å². The second-order valence-electron chi connectivity index (χ2n) is 14.6. The predicted octanol–water partition coefficient (Wildman–Crippen LogP) is 4.41. The molecule has 4 aliphatic rings. The smallest absolute Gasteiger partial charge is 0.416 e. The molecule has 6 heterocycles. The molecule has 2 amide bonds. The van der Waals surface area contributed by atoms with Gasteiger partial charge in [-0.2, -0.15) is 22.7 Å². The van der Waals surface area contributed by atoms with E-state index >= 15 is 0 Å². The van der Waals surface area contributed by atoms with Crippen molar-refractivity contribution in [3.8, 4) is 5.75 Å². The second-order valence-corrected chi connectivity index (χ2v) is 15.0. The number of amides is 2. The highest BCUT2D eigenvalue weighted by atomic mass is 35.5. The first-order valence-electron chi connectivity index (χ1n) is 18.5. The number of halogens is 4. The molecule has 3 aliphatic heterocycles. The molecule has 2 N–H and O–H groups in total. The Morgan fingerprint density at radius 2 is 1.89 bits per heavy atom. The van der Waals surface area contributed by atoms with E-state index in [0.717, 1.165) is 30.2 Å². The number of ether oxygens (including phenoxy) is 2. The lowest BCUT2D eigenvalue weighted by Gasteiger charge is -2.39. The summed E-state index contributed by atoms with van der Waals surface area (Å²) in [6.07, 6.45) is 1.15. The lowest BCUT2D eigenvalue weighted by atomic mass is 9.73. The van der Waals surface area contributed by atoms with Crippen molar-refractivity contribution in [1.82, 2.24) is 34.0 Å². The fourth-order valence-corrected chi connectivity index (χ4v) is 8.70. The van der Waals surface area contributed by atoms with Crippen LogP contribution in [0.2, 0.25) is 5.02 Å². The van der Waals surface area contributed by atoms with Gasteiger partial charge in [0.15, 0.2) is 23.1 Å². The third kappa shape index (κ3) is 6.87. The number of piperidine rings is 1. The SMILES string of the molecule is CC1CC2(CCN(C(=O)c3ncnc(N4CCCOCC4)c3O)CC2)c2c1n(CC(=O)Nc1ccc(C(F)(F)F)cc1Cl)c1nc(C3=CCOCC3)nn1c2=O. The quantitative estimate of drug-likeness (QED) is 0.284. The summed E-state index contributed by atoms with van der Waals surface area (Å²) in [6.45, 7) is 5.15. The normalized spacial score (nSPS) is 19.9. The summed E-state index contributed by atoms with van der Waals surface area (Å²) < 4.78 is 53.7. The number of nitrogens with one attached hydrogen (secondary N) is 1. The zero-order valence-electron chi connectivity index (χ0n) is 30.4. The number of alkyl halides is 3. The van der Waals surface area contributed by atoms with Gasteiger partial charge < -0.3 is 34.3 Å². The van der Waals surface area contributed by atoms with Crippen LogP contribution < -0.4 is 15.8 Å². The summed E-state index contributed by atoms with van der Waals surface area (Å²) in [5, 5.41) is 18.2. The van der Waals surface area contributed by atoms with Gasteiger partial charge in [0.25, 0.3) is 11.5 Å². The number of aromatic nitrogens is 6. The average molecular weight is 798 g/mol. The number of benzene rings is 1. The van der Waals surface area contributed by atoms with E-state index in [1.807, 2.05) is 17.9 Å². The molecule has 1 aliphatic carbocycles. The number of likely N-dealkylation sites (tertiary alicyclic amines) is 1. The van der Waals surface area contributed by atoms with Crippen molar-refractivity contribution in [3.05, 3.63) is 74.3 Å². The van der Waals surface area contributed by atoms with Gasteiger partial charge in [-0.15, -0.1) is 5.10 Å². The minimum atomic E-state index is -4.61. The van der Waals surface area contributed by atoms with Crippen LogP contribution in [0, 0.1) is 0 Å². The van der Waals surface area contributed by atoms with Gasteiger partial charge in [-0.1, -0.05) is 24.6 Å². The number of carbonyl (C=O) groups excluding carboxylic acids is 2. The molecule has 0 bridgehead atoms. The number of hydrogen-bond donors (Lipinski definition) is 2. The summed E-state index contributed by atoms with van der Waals surface area (Å²) in [5.41, 5.74) is -0.218. The summed E-state index contributed by atoms with van der Waals surface area (Å²) in [5.74, 6) is -0.808. The van der Waals surface area contributed by atoms with Gasteiger partial charge in [-0.05, 0) is 61.8 Å². The maximum absolute atomic E-state index is 14.6. The number of anilines is 2. The molecule has 1 atom stereocenters. The molecule has 1 spiro atoms. The predicted molar refractivity (Wildman–Crippen MR) is 197 cm³/mol. The Balaban J connectivity index is 1.11. The molecule has 2 saturated heterocycles. The number of rotatable bonds is 6. The molecular formula is C37H39ClF3N9O6. The van der Waals surface area contributed by atoms with Crippen molar-refractivity contribution in [1.29, 1.82) is 0 Å². The van der Waals surface area contributed by atoms with E-state index in [1.54, 1.807) is 9.47 Å². The zero-order chi connectivity index (χ0) is 39.4. The molecule has 296 valence electrons. The molecule has 19 heteroatoms. The van der Waals surface area contributed by atoms with Gasteiger partial charge in [0, 0.05) is 49.5 Å². The number of hydrogen-bond acceptors (Lipinski definition) is 11. The number of nitrogens with zero attached hydrogens (tertiary/aromatic N) is 8. The van der Waals surface area contributed by atoms with E-state index in [-0.39, 0.29) is 64.9 Å². The highest BCUT2D eigenvalue weighted by molar-refractivity contribution is 6.33.